The van der Waals surface area contributed by atoms with Crippen LogP contribution in [0.5, 0.6) is 0 Å². The van der Waals surface area contributed by atoms with Crippen molar-refractivity contribution in [1.29, 1.82) is 0 Å². The fourth-order valence-corrected chi connectivity index (χ4v) is 3.82. The molecule has 0 aliphatic heterocycles. The van der Waals surface area contributed by atoms with Gasteiger partial charge in [-0.05, 0) is 36.0 Å². The molecule has 0 spiro atoms. The van der Waals surface area contributed by atoms with Gasteiger partial charge in [0, 0.05) is 11.6 Å². The maximum absolute atomic E-state index is 12.0. The third-order valence-corrected chi connectivity index (χ3v) is 5.74. The number of imide groups is 1. The van der Waals surface area contributed by atoms with Gasteiger partial charge in [-0.25, -0.2) is 4.79 Å². The quantitative estimate of drug-likeness (QED) is 0.706. The van der Waals surface area contributed by atoms with Crippen molar-refractivity contribution < 1.29 is 14.0 Å². The largest absolute Gasteiger partial charge is 0.411 e. The number of nitrogens with zero attached hydrogens (tertiary/aromatic N) is 2. The molecule has 1 aliphatic carbocycles. The Labute approximate surface area is 175 Å². The molecule has 2 aromatic rings. The number of carbonyl (C=O) groups excluding carboxylic acids is 2. The number of amides is 3. The molecule has 1 aromatic heterocycles. The summed E-state index contributed by atoms with van der Waals surface area (Å²) in [4.78, 5) is 23.9. The third kappa shape index (κ3) is 6.32. The van der Waals surface area contributed by atoms with Crippen LogP contribution in [-0.2, 0) is 10.2 Å². The predicted octanol–water partition coefficient (Wildman–Crippen LogP) is 4.28. The van der Waals surface area contributed by atoms with Crippen molar-refractivity contribution in [2.24, 2.45) is 0 Å². The van der Waals surface area contributed by atoms with Crippen LogP contribution in [0.4, 0.5) is 4.79 Å². The number of aromatic nitrogens is 2. The number of hydrogen-bond donors (Lipinski definition) is 2. The van der Waals surface area contributed by atoms with Crippen LogP contribution in [0.15, 0.2) is 33.9 Å². The van der Waals surface area contributed by atoms with E-state index in [1.54, 1.807) is 0 Å². The van der Waals surface area contributed by atoms with E-state index in [9.17, 15) is 9.59 Å². The average molecular weight is 417 g/mol. The van der Waals surface area contributed by atoms with E-state index >= 15 is 0 Å². The van der Waals surface area contributed by atoms with Gasteiger partial charge in [-0.1, -0.05) is 63.9 Å². The van der Waals surface area contributed by atoms with Gasteiger partial charge in [-0.15, -0.1) is 10.2 Å². The van der Waals surface area contributed by atoms with Gasteiger partial charge in [0.1, 0.15) is 0 Å². The molecule has 1 aromatic carbocycles. The van der Waals surface area contributed by atoms with Crippen LogP contribution in [0.25, 0.3) is 11.5 Å². The van der Waals surface area contributed by atoms with E-state index in [4.69, 9.17) is 4.42 Å². The van der Waals surface area contributed by atoms with Gasteiger partial charge in [-0.3, -0.25) is 10.1 Å². The SMILES string of the molecule is CC(C)(C)c1ccc(-c2nnc(SCC(=O)NC(=O)NC3CCCCC3)o2)cc1. The molecule has 8 heteroatoms. The second-order valence-electron chi connectivity index (χ2n) is 8.35. The van der Waals surface area contributed by atoms with E-state index in [0.717, 1.165) is 43.0 Å². The summed E-state index contributed by atoms with van der Waals surface area (Å²) in [6.07, 6.45) is 5.39. The molecule has 0 unspecified atom stereocenters. The summed E-state index contributed by atoms with van der Waals surface area (Å²) in [6, 6.07) is 7.71. The predicted molar refractivity (Wildman–Crippen MR) is 113 cm³/mol. The molecule has 1 heterocycles. The smallest absolute Gasteiger partial charge is 0.321 e. The molecule has 7 nitrogen and oxygen atoms in total. The molecule has 2 N–H and O–H groups in total. The highest BCUT2D eigenvalue weighted by Crippen LogP contribution is 2.27. The molecule has 3 amide bonds. The Morgan fingerprint density at radius 2 is 1.79 bits per heavy atom. The molecule has 0 saturated heterocycles. The number of rotatable bonds is 5. The first kappa shape index (κ1) is 21.4. The van der Waals surface area contributed by atoms with Crippen molar-refractivity contribution in [3.05, 3.63) is 29.8 Å². The normalized spacial score (nSPS) is 15.1. The molecule has 1 saturated carbocycles. The van der Waals surface area contributed by atoms with Gasteiger partial charge in [0.25, 0.3) is 5.22 Å². The maximum atomic E-state index is 12.0. The molecular formula is C21H28N4O3S. The molecule has 0 radical (unpaired) electrons. The van der Waals surface area contributed by atoms with Crippen LogP contribution in [0, 0.1) is 0 Å². The molecular weight excluding hydrogens is 388 g/mol. The van der Waals surface area contributed by atoms with Gasteiger partial charge >= 0.3 is 6.03 Å². The second-order valence-corrected chi connectivity index (χ2v) is 9.27. The highest BCUT2D eigenvalue weighted by atomic mass is 32.2. The van der Waals surface area contributed by atoms with Crippen LogP contribution in [0.1, 0.15) is 58.4 Å². The number of thioether (sulfide) groups is 1. The van der Waals surface area contributed by atoms with E-state index in [1.165, 1.54) is 12.0 Å². The Hall–Kier alpha value is -2.35. The third-order valence-electron chi connectivity index (χ3n) is 4.92. The summed E-state index contributed by atoms with van der Waals surface area (Å²) < 4.78 is 5.63. The lowest BCUT2D eigenvalue weighted by Gasteiger charge is -2.22. The topological polar surface area (TPSA) is 97.1 Å². The zero-order chi connectivity index (χ0) is 20.9. The first-order chi connectivity index (χ1) is 13.8. The number of urea groups is 1. The Balaban J connectivity index is 1.47. The molecule has 1 fully saturated rings. The van der Waals surface area contributed by atoms with Crippen LogP contribution in [0.2, 0.25) is 0 Å². The Morgan fingerprint density at radius 3 is 2.45 bits per heavy atom. The molecule has 0 bridgehead atoms. The van der Waals surface area contributed by atoms with Crippen LogP contribution in [0.3, 0.4) is 0 Å². The van der Waals surface area contributed by atoms with Gasteiger partial charge in [0.15, 0.2) is 0 Å². The number of hydrogen-bond acceptors (Lipinski definition) is 6. The van der Waals surface area contributed by atoms with E-state index in [2.05, 4.69) is 41.6 Å². The molecule has 156 valence electrons. The average Bonchev–Trinajstić information content (AvgIpc) is 3.15. The van der Waals surface area contributed by atoms with Crippen molar-refractivity contribution in [2.75, 3.05) is 5.75 Å². The standard InChI is InChI=1S/C21H28N4O3S/c1-21(2,3)15-11-9-14(10-12-15)18-24-25-20(28-18)29-13-17(26)23-19(27)22-16-7-5-4-6-8-16/h9-12,16H,4-8,13H2,1-3H3,(H2,22,23,26,27). The van der Waals surface area contributed by atoms with Crippen molar-refractivity contribution in [2.45, 2.75) is 69.6 Å². The molecule has 29 heavy (non-hydrogen) atoms. The first-order valence-corrected chi connectivity index (χ1v) is 11.0. The zero-order valence-electron chi connectivity index (χ0n) is 17.2. The highest BCUT2D eigenvalue weighted by molar-refractivity contribution is 7.99. The lowest BCUT2D eigenvalue weighted by atomic mass is 9.87. The molecule has 0 atom stereocenters. The monoisotopic (exact) mass is 416 g/mol. The maximum Gasteiger partial charge on any atom is 0.321 e. The Kier molecular flexibility index (Phi) is 6.95. The summed E-state index contributed by atoms with van der Waals surface area (Å²) in [5.41, 5.74) is 2.12. The Bertz CT molecular complexity index is 836. The van der Waals surface area contributed by atoms with Gasteiger partial charge in [0.2, 0.25) is 11.8 Å². The van der Waals surface area contributed by atoms with E-state index < -0.39 is 11.9 Å². The fraction of sp³-hybridized carbons (Fsp3) is 0.524. The first-order valence-electron chi connectivity index (χ1n) is 9.99. The fourth-order valence-electron chi connectivity index (χ4n) is 3.26. The van der Waals surface area contributed by atoms with Crippen LogP contribution < -0.4 is 10.6 Å². The van der Waals surface area contributed by atoms with E-state index in [1.807, 2.05) is 24.3 Å². The van der Waals surface area contributed by atoms with Crippen molar-refractivity contribution in [1.82, 2.24) is 20.8 Å². The minimum Gasteiger partial charge on any atom is -0.411 e. The molecule has 1 aliphatic rings. The van der Waals surface area contributed by atoms with Crippen molar-refractivity contribution >= 4 is 23.7 Å². The summed E-state index contributed by atoms with van der Waals surface area (Å²) in [5, 5.41) is 13.5. The summed E-state index contributed by atoms with van der Waals surface area (Å²) in [5.74, 6) is 0.0453. The van der Waals surface area contributed by atoms with Gasteiger partial charge in [0.05, 0.1) is 5.75 Å². The number of carbonyl (C=O) groups is 2. The number of benzene rings is 1. The lowest BCUT2D eigenvalue weighted by Crippen LogP contribution is -2.45. The van der Waals surface area contributed by atoms with Gasteiger partial charge < -0.3 is 9.73 Å². The van der Waals surface area contributed by atoms with Crippen LogP contribution in [-0.4, -0.2) is 33.9 Å². The van der Waals surface area contributed by atoms with Gasteiger partial charge in [-0.2, -0.15) is 0 Å². The summed E-state index contributed by atoms with van der Waals surface area (Å²) in [6.45, 7) is 6.47. The van der Waals surface area contributed by atoms with Crippen LogP contribution >= 0.6 is 11.8 Å². The minimum atomic E-state index is -0.437. The Morgan fingerprint density at radius 1 is 1.10 bits per heavy atom. The highest BCUT2D eigenvalue weighted by Gasteiger charge is 2.18. The lowest BCUT2D eigenvalue weighted by molar-refractivity contribution is -0.117. The second kappa shape index (κ2) is 9.43. The van der Waals surface area contributed by atoms with Crippen molar-refractivity contribution in [3.63, 3.8) is 0 Å². The summed E-state index contributed by atoms with van der Waals surface area (Å²) in [7, 11) is 0. The van der Waals surface area contributed by atoms with E-state index in [0.29, 0.717) is 11.1 Å². The number of nitrogens with one attached hydrogen (secondary N) is 2. The minimum absolute atomic E-state index is 0.0304. The van der Waals surface area contributed by atoms with E-state index in [-0.39, 0.29) is 17.2 Å². The zero-order valence-corrected chi connectivity index (χ0v) is 18.0. The molecule has 3 rings (SSSR count). The summed E-state index contributed by atoms with van der Waals surface area (Å²) >= 11 is 1.11. The van der Waals surface area contributed by atoms with Crippen molar-refractivity contribution in [3.8, 4) is 11.5 Å².